The van der Waals surface area contributed by atoms with Gasteiger partial charge in [-0.1, -0.05) is 10.3 Å². The molecule has 0 aliphatic carbocycles. The predicted octanol–water partition coefficient (Wildman–Crippen LogP) is 5.92. The molecule has 3 aliphatic rings. The van der Waals surface area contributed by atoms with Crippen LogP contribution in [0.3, 0.4) is 0 Å². The maximum absolute atomic E-state index is 12.5. The van der Waals surface area contributed by atoms with Crippen molar-refractivity contribution in [1.82, 2.24) is 30.5 Å². The Morgan fingerprint density at radius 3 is 2.19 bits per heavy atom. The maximum atomic E-state index is 12.5. The molecular formula is C38H50N6O9. The number of amides is 1. The Hall–Kier alpha value is -4.57. The number of ether oxygens (including phenoxy) is 5. The van der Waals surface area contributed by atoms with Gasteiger partial charge < -0.3 is 48.1 Å². The van der Waals surface area contributed by atoms with Gasteiger partial charge in [0.15, 0.2) is 17.8 Å². The van der Waals surface area contributed by atoms with Crippen LogP contribution in [0.15, 0.2) is 58.1 Å². The highest BCUT2D eigenvalue weighted by molar-refractivity contribution is 5.69. The average Bonchev–Trinajstić information content (AvgIpc) is 4.01. The molecule has 4 aromatic heterocycles. The van der Waals surface area contributed by atoms with Crippen molar-refractivity contribution in [2.24, 2.45) is 0 Å². The number of aliphatic hydroxyl groups is 1. The molecule has 15 heteroatoms. The third-order valence-corrected chi connectivity index (χ3v) is 8.89. The molecule has 0 radical (unpaired) electrons. The molecule has 1 unspecified atom stereocenters. The number of aliphatic hydroxyl groups excluding tert-OH is 1. The van der Waals surface area contributed by atoms with Gasteiger partial charge in [0.1, 0.15) is 41.7 Å². The first kappa shape index (κ1) is 38.2. The Labute approximate surface area is 309 Å². The van der Waals surface area contributed by atoms with E-state index in [2.05, 4.69) is 25.6 Å². The second-order valence-electron chi connectivity index (χ2n) is 14.3. The summed E-state index contributed by atoms with van der Waals surface area (Å²) in [6.07, 6.45) is 13.5. The monoisotopic (exact) mass is 734 g/mol. The lowest BCUT2D eigenvalue weighted by molar-refractivity contribution is -0.169. The fraction of sp³-hybridized carbons (Fsp3) is 0.553. The summed E-state index contributed by atoms with van der Waals surface area (Å²) in [4.78, 5) is 22.6. The van der Waals surface area contributed by atoms with E-state index in [1.807, 2.05) is 39.0 Å². The van der Waals surface area contributed by atoms with Gasteiger partial charge in [0.25, 0.3) is 0 Å². The lowest BCUT2D eigenvalue weighted by Gasteiger charge is -2.28. The Bertz CT molecular complexity index is 1730. The Morgan fingerprint density at radius 2 is 1.57 bits per heavy atom. The van der Waals surface area contributed by atoms with E-state index < -0.39 is 5.60 Å². The molecule has 0 aromatic carbocycles. The predicted molar refractivity (Wildman–Crippen MR) is 192 cm³/mol. The summed E-state index contributed by atoms with van der Waals surface area (Å²) in [7, 11) is 0. The number of carbonyl (C=O) groups excluding carboxylic acids is 1. The van der Waals surface area contributed by atoms with Crippen molar-refractivity contribution in [2.45, 2.75) is 103 Å². The minimum Gasteiger partial charge on any atom is -0.490 e. The molecule has 15 nitrogen and oxygen atoms in total. The van der Waals surface area contributed by atoms with E-state index in [0.29, 0.717) is 66.8 Å². The summed E-state index contributed by atoms with van der Waals surface area (Å²) in [6.45, 7) is 9.30. The molecule has 3 aliphatic heterocycles. The van der Waals surface area contributed by atoms with Crippen molar-refractivity contribution in [3.05, 3.63) is 60.4 Å². The second-order valence-corrected chi connectivity index (χ2v) is 14.3. The van der Waals surface area contributed by atoms with Crippen molar-refractivity contribution < 1.29 is 42.6 Å². The number of hydrogen-bond acceptors (Lipinski definition) is 14. The van der Waals surface area contributed by atoms with E-state index in [1.54, 1.807) is 35.8 Å². The molecule has 0 spiro atoms. The second kappa shape index (κ2) is 18.5. The summed E-state index contributed by atoms with van der Waals surface area (Å²) >= 11 is 0. The zero-order valence-electron chi connectivity index (χ0n) is 30.7. The molecule has 286 valence electrons. The van der Waals surface area contributed by atoms with Crippen LogP contribution in [-0.2, 0) is 27.4 Å². The number of nitrogens with zero attached hydrogens (tertiary/aromatic N) is 5. The lowest BCUT2D eigenvalue weighted by Crippen LogP contribution is -2.42. The minimum atomic E-state index is -0.520. The molecule has 1 amide bonds. The van der Waals surface area contributed by atoms with Crippen LogP contribution in [0.2, 0.25) is 0 Å². The minimum absolute atomic E-state index is 0.0282. The largest absolute Gasteiger partial charge is 0.490 e. The molecule has 3 atom stereocenters. The van der Waals surface area contributed by atoms with Gasteiger partial charge in [0, 0.05) is 54.8 Å². The summed E-state index contributed by atoms with van der Waals surface area (Å²) in [5.41, 5.74) is 2.23. The number of pyridine rings is 2. The zero-order valence-corrected chi connectivity index (χ0v) is 30.7. The molecule has 0 bridgehead atoms. The van der Waals surface area contributed by atoms with Crippen molar-refractivity contribution in [1.29, 1.82) is 0 Å². The molecule has 3 saturated heterocycles. The van der Waals surface area contributed by atoms with Gasteiger partial charge in [-0.15, -0.1) is 0 Å². The quantitative estimate of drug-likeness (QED) is 0.175. The van der Waals surface area contributed by atoms with Gasteiger partial charge in [-0.25, -0.2) is 4.79 Å². The molecule has 53 heavy (non-hydrogen) atoms. The third-order valence-electron chi connectivity index (χ3n) is 8.89. The van der Waals surface area contributed by atoms with Gasteiger partial charge in [-0.2, -0.15) is 0 Å². The molecule has 7 rings (SSSR count). The normalized spacial score (nSPS) is 20.2. The Balaban J connectivity index is 0.000000204. The maximum Gasteiger partial charge on any atom is 0.410 e. The number of aromatic nitrogens is 4. The van der Waals surface area contributed by atoms with E-state index in [1.165, 1.54) is 6.42 Å². The number of likely N-dealkylation sites (tertiary alicyclic amines) is 1. The smallest absolute Gasteiger partial charge is 0.410 e. The van der Waals surface area contributed by atoms with Gasteiger partial charge in [0.05, 0.1) is 31.6 Å². The highest BCUT2D eigenvalue weighted by Gasteiger charge is 2.32. The van der Waals surface area contributed by atoms with Gasteiger partial charge in [0.2, 0.25) is 0 Å². The highest BCUT2D eigenvalue weighted by Crippen LogP contribution is 2.27. The lowest BCUT2D eigenvalue weighted by atomic mass is 10.2. The SMILES string of the molecule is CC(C)(C)OC(=O)N1CCC[C@H]1COc1cncc(-c2cc(COC3CCCCO3)no2)c1.OCc1cc(-c2cncc(OC[C@@H]3CCCN3)c2)on1. The van der Waals surface area contributed by atoms with Crippen LogP contribution in [0.4, 0.5) is 4.79 Å². The number of hydrogen-bond donors (Lipinski definition) is 2. The first-order valence-corrected chi connectivity index (χ1v) is 18.4. The standard InChI is InChI=1S/C24H33N3O6.C14H17N3O3/c1-24(2,3)32-23(28)27-9-6-7-19(27)16-30-20-11-17(13-25-14-20)21-12-18(26-33-21)15-31-22-8-4-5-10-29-22;18-8-12-5-14(20-17-12)10-4-13(7-15-6-10)19-9-11-2-1-3-16-11/h11-14,19,22H,4-10,15-16H2,1-3H3;4-7,11,16,18H,1-3,8-9H2/t19-,22?;11-/m00/s1. The molecule has 2 N–H and O–H groups in total. The van der Waals surface area contributed by atoms with Gasteiger partial charge in [-0.05, 0) is 84.4 Å². The first-order valence-electron chi connectivity index (χ1n) is 18.4. The zero-order chi connectivity index (χ0) is 37.0. The van der Waals surface area contributed by atoms with Crippen LogP contribution < -0.4 is 14.8 Å². The molecule has 7 heterocycles. The average molecular weight is 735 g/mol. The van der Waals surface area contributed by atoms with Crippen molar-refractivity contribution >= 4 is 6.09 Å². The summed E-state index contributed by atoms with van der Waals surface area (Å²) in [5, 5.41) is 20.2. The molecule has 4 aromatic rings. The van der Waals surface area contributed by atoms with Crippen LogP contribution in [0, 0.1) is 0 Å². The number of carbonyl (C=O) groups is 1. The van der Waals surface area contributed by atoms with Crippen molar-refractivity contribution in [3.63, 3.8) is 0 Å². The van der Waals surface area contributed by atoms with Crippen LogP contribution in [0.5, 0.6) is 11.5 Å². The van der Waals surface area contributed by atoms with Crippen LogP contribution in [-0.4, -0.2) is 93.3 Å². The van der Waals surface area contributed by atoms with E-state index in [4.69, 9.17) is 37.8 Å². The van der Waals surface area contributed by atoms with Crippen molar-refractivity contribution in [3.8, 4) is 34.1 Å². The van der Waals surface area contributed by atoms with Crippen LogP contribution >= 0.6 is 0 Å². The summed E-state index contributed by atoms with van der Waals surface area (Å²) in [5.74, 6) is 2.48. The molecule has 0 saturated carbocycles. The fourth-order valence-electron chi connectivity index (χ4n) is 6.18. The van der Waals surface area contributed by atoms with Gasteiger partial charge in [-0.3, -0.25) is 9.97 Å². The van der Waals surface area contributed by atoms with E-state index in [-0.39, 0.29) is 25.0 Å². The molecular weight excluding hydrogens is 684 g/mol. The van der Waals surface area contributed by atoms with E-state index in [9.17, 15) is 4.79 Å². The van der Waals surface area contributed by atoms with E-state index in [0.717, 1.165) is 62.8 Å². The van der Waals surface area contributed by atoms with Crippen LogP contribution in [0.1, 0.15) is 77.1 Å². The molecule has 3 fully saturated rings. The first-order chi connectivity index (χ1) is 25.7. The fourth-order valence-corrected chi connectivity index (χ4v) is 6.18. The third kappa shape index (κ3) is 11.5. The van der Waals surface area contributed by atoms with Crippen molar-refractivity contribution in [2.75, 3.05) is 32.9 Å². The summed E-state index contributed by atoms with van der Waals surface area (Å²) in [6, 6.07) is 7.65. The van der Waals surface area contributed by atoms with Gasteiger partial charge >= 0.3 is 6.09 Å². The Kier molecular flexibility index (Phi) is 13.3. The topological polar surface area (TPSA) is 177 Å². The Morgan fingerprint density at radius 1 is 0.868 bits per heavy atom. The summed E-state index contributed by atoms with van der Waals surface area (Å²) < 4.78 is 39.2. The number of nitrogens with one attached hydrogen (secondary N) is 1. The van der Waals surface area contributed by atoms with Crippen LogP contribution in [0.25, 0.3) is 22.6 Å². The number of rotatable bonds is 12. The highest BCUT2D eigenvalue weighted by atomic mass is 16.7. The van der Waals surface area contributed by atoms with E-state index >= 15 is 0 Å².